The van der Waals surface area contributed by atoms with E-state index in [4.69, 9.17) is 11.5 Å². The van der Waals surface area contributed by atoms with Crippen LogP contribution in [0.1, 0.15) is 40.0 Å². The predicted octanol–water partition coefficient (Wildman–Crippen LogP) is 1.49. The van der Waals surface area contributed by atoms with E-state index >= 15 is 0 Å². The van der Waals surface area contributed by atoms with E-state index in [1.165, 1.54) is 6.42 Å². The zero-order chi connectivity index (χ0) is 9.35. The average molecular weight is 170 g/mol. The van der Waals surface area contributed by atoms with E-state index in [9.17, 15) is 0 Å². The van der Waals surface area contributed by atoms with E-state index in [-0.39, 0.29) is 11.6 Å². The predicted molar refractivity (Wildman–Crippen MR) is 52.7 cm³/mol. The van der Waals surface area contributed by atoms with Crippen molar-refractivity contribution in [3.05, 3.63) is 0 Å². The normalized spacial score (nSPS) is 43.5. The van der Waals surface area contributed by atoms with Crippen LogP contribution in [0.4, 0.5) is 0 Å². The number of hydrogen-bond acceptors (Lipinski definition) is 2. The fourth-order valence-electron chi connectivity index (χ4n) is 2.17. The van der Waals surface area contributed by atoms with Crippen LogP contribution in [0.2, 0.25) is 0 Å². The Morgan fingerprint density at radius 3 is 2.42 bits per heavy atom. The van der Waals surface area contributed by atoms with Crippen molar-refractivity contribution in [3.63, 3.8) is 0 Å². The summed E-state index contributed by atoms with van der Waals surface area (Å²) in [6, 6.07) is 0.196. The van der Waals surface area contributed by atoms with Gasteiger partial charge in [0.2, 0.25) is 0 Å². The summed E-state index contributed by atoms with van der Waals surface area (Å²) in [5.41, 5.74) is 12.3. The van der Waals surface area contributed by atoms with Crippen molar-refractivity contribution in [3.8, 4) is 0 Å². The van der Waals surface area contributed by atoms with E-state index in [0.717, 1.165) is 18.8 Å². The van der Waals surface area contributed by atoms with Crippen molar-refractivity contribution in [2.75, 3.05) is 0 Å². The molecule has 1 aliphatic rings. The molecule has 1 aliphatic carbocycles. The largest absolute Gasteiger partial charge is 0.326 e. The molecule has 1 fully saturated rings. The topological polar surface area (TPSA) is 52.0 Å². The molecule has 1 saturated carbocycles. The van der Waals surface area contributed by atoms with Crippen molar-refractivity contribution in [2.45, 2.75) is 51.6 Å². The third-order valence-electron chi connectivity index (χ3n) is 3.49. The highest BCUT2D eigenvalue weighted by Crippen LogP contribution is 2.33. The Morgan fingerprint density at radius 2 is 2.00 bits per heavy atom. The van der Waals surface area contributed by atoms with Gasteiger partial charge in [-0.1, -0.05) is 20.8 Å². The quantitative estimate of drug-likeness (QED) is 0.626. The summed E-state index contributed by atoms with van der Waals surface area (Å²) in [6.07, 6.45) is 3.42. The highest BCUT2D eigenvalue weighted by Gasteiger charge is 2.39. The molecule has 0 aromatic heterocycles. The van der Waals surface area contributed by atoms with Crippen LogP contribution in [0.3, 0.4) is 0 Å². The van der Waals surface area contributed by atoms with Crippen LogP contribution in [0.25, 0.3) is 0 Å². The fourth-order valence-corrected chi connectivity index (χ4v) is 2.17. The van der Waals surface area contributed by atoms with Crippen molar-refractivity contribution in [2.24, 2.45) is 23.3 Å². The summed E-state index contributed by atoms with van der Waals surface area (Å²) in [4.78, 5) is 0. The first-order chi connectivity index (χ1) is 5.47. The maximum absolute atomic E-state index is 6.28. The van der Waals surface area contributed by atoms with Crippen molar-refractivity contribution in [1.82, 2.24) is 0 Å². The van der Waals surface area contributed by atoms with Gasteiger partial charge in [0, 0.05) is 11.6 Å². The molecule has 3 atom stereocenters. The molecule has 0 aromatic rings. The second kappa shape index (κ2) is 3.35. The van der Waals surface area contributed by atoms with Crippen molar-refractivity contribution in [1.29, 1.82) is 0 Å². The Balaban J connectivity index is 2.66. The van der Waals surface area contributed by atoms with Gasteiger partial charge in [0.25, 0.3) is 0 Å². The molecule has 0 radical (unpaired) electrons. The number of nitrogens with two attached hydrogens (primary N) is 2. The summed E-state index contributed by atoms with van der Waals surface area (Å²) < 4.78 is 0. The molecule has 1 rings (SSSR count). The Morgan fingerprint density at radius 1 is 1.42 bits per heavy atom. The van der Waals surface area contributed by atoms with E-state index in [2.05, 4.69) is 20.8 Å². The molecule has 0 aromatic carbocycles. The van der Waals surface area contributed by atoms with E-state index in [1.807, 2.05) is 0 Å². The summed E-state index contributed by atoms with van der Waals surface area (Å²) in [5.74, 6) is 1.26. The van der Waals surface area contributed by atoms with Gasteiger partial charge in [0.15, 0.2) is 0 Å². The van der Waals surface area contributed by atoms with Crippen molar-refractivity contribution >= 4 is 0 Å². The Bertz CT molecular complexity index is 156. The first-order valence-electron chi connectivity index (χ1n) is 5.01. The molecular weight excluding hydrogens is 148 g/mol. The monoisotopic (exact) mass is 170 g/mol. The highest BCUT2D eigenvalue weighted by atomic mass is 14.9. The minimum Gasteiger partial charge on any atom is -0.326 e. The van der Waals surface area contributed by atoms with Gasteiger partial charge in [-0.2, -0.15) is 0 Å². The zero-order valence-electron chi connectivity index (χ0n) is 8.51. The van der Waals surface area contributed by atoms with E-state index in [1.54, 1.807) is 0 Å². The van der Waals surface area contributed by atoms with E-state index in [0.29, 0.717) is 5.92 Å². The minimum absolute atomic E-state index is 0.105. The number of rotatable bonds is 1. The minimum atomic E-state index is -0.105. The van der Waals surface area contributed by atoms with Gasteiger partial charge in [0.1, 0.15) is 0 Å². The second-order valence-electron chi connectivity index (χ2n) is 4.75. The van der Waals surface area contributed by atoms with Crippen LogP contribution in [0.15, 0.2) is 0 Å². The molecular formula is C10H22N2. The Hall–Kier alpha value is -0.0800. The van der Waals surface area contributed by atoms with Crippen LogP contribution in [0.5, 0.6) is 0 Å². The van der Waals surface area contributed by atoms with Gasteiger partial charge in [-0.15, -0.1) is 0 Å². The maximum atomic E-state index is 6.28. The SMILES string of the molecule is CC1CCC(N)(C(C)C)C(N)C1. The van der Waals surface area contributed by atoms with Gasteiger partial charge < -0.3 is 11.5 Å². The molecule has 3 unspecified atom stereocenters. The van der Waals surface area contributed by atoms with Gasteiger partial charge >= 0.3 is 0 Å². The van der Waals surface area contributed by atoms with Gasteiger partial charge in [-0.3, -0.25) is 0 Å². The van der Waals surface area contributed by atoms with Crippen LogP contribution in [0, 0.1) is 11.8 Å². The Kier molecular flexibility index (Phi) is 2.79. The fraction of sp³-hybridized carbons (Fsp3) is 1.00. The van der Waals surface area contributed by atoms with Crippen LogP contribution >= 0.6 is 0 Å². The van der Waals surface area contributed by atoms with Crippen molar-refractivity contribution < 1.29 is 0 Å². The van der Waals surface area contributed by atoms with Crippen LogP contribution in [-0.2, 0) is 0 Å². The highest BCUT2D eigenvalue weighted by molar-refractivity contribution is 5.00. The molecule has 0 spiro atoms. The molecule has 2 heteroatoms. The lowest BCUT2D eigenvalue weighted by atomic mass is 9.69. The summed E-state index contributed by atoms with van der Waals surface area (Å²) in [5, 5.41) is 0. The molecule has 0 heterocycles. The lowest BCUT2D eigenvalue weighted by molar-refractivity contribution is 0.156. The third-order valence-corrected chi connectivity index (χ3v) is 3.49. The average Bonchev–Trinajstić information content (AvgIpc) is 1.97. The summed E-state index contributed by atoms with van der Waals surface area (Å²) >= 11 is 0. The second-order valence-corrected chi connectivity index (χ2v) is 4.75. The first-order valence-corrected chi connectivity index (χ1v) is 5.01. The molecule has 0 bridgehead atoms. The molecule has 2 nitrogen and oxygen atoms in total. The number of hydrogen-bond donors (Lipinski definition) is 2. The molecule has 72 valence electrons. The zero-order valence-corrected chi connectivity index (χ0v) is 8.51. The first kappa shape index (κ1) is 10.0. The van der Waals surface area contributed by atoms with Gasteiger partial charge in [0.05, 0.1) is 0 Å². The third kappa shape index (κ3) is 1.64. The van der Waals surface area contributed by atoms with Gasteiger partial charge in [-0.05, 0) is 31.1 Å². The summed E-state index contributed by atoms with van der Waals surface area (Å²) in [7, 11) is 0. The molecule has 0 amide bonds. The molecule has 0 aliphatic heterocycles. The van der Waals surface area contributed by atoms with Crippen LogP contribution < -0.4 is 11.5 Å². The van der Waals surface area contributed by atoms with E-state index < -0.39 is 0 Å². The molecule has 0 saturated heterocycles. The smallest absolute Gasteiger partial charge is 0.0331 e. The van der Waals surface area contributed by atoms with Gasteiger partial charge in [-0.25, -0.2) is 0 Å². The Labute approximate surface area is 75.7 Å². The summed E-state index contributed by atoms with van der Waals surface area (Å²) in [6.45, 7) is 6.62. The standard InChI is InChI=1S/C10H22N2/c1-7(2)10(12)5-4-8(3)6-9(10)11/h7-9H,4-6,11-12H2,1-3H3. The van der Waals surface area contributed by atoms with Crippen LogP contribution in [-0.4, -0.2) is 11.6 Å². The molecule has 12 heavy (non-hydrogen) atoms. The lowest BCUT2D eigenvalue weighted by Gasteiger charge is -2.44. The maximum Gasteiger partial charge on any atom is 0.0331 e. The molecule has 4 N–H and O–H groups in total. The lowest BCUT2D eigenvalue weighted by Crippen LogP contribution is -2.61.